The number of carbonyl (C=O) groups is 1. The Morgan fingerprint density at radius 2 is 2.29 bits per heavy atom. The number of rotatable bonds is 3. The molecule has 0 amide bonds. The fourth-order valence-electron chi connectivity index (χ4n) is 1.22. The Labute approximate surface area is 91.7 Å². The quantitative estimate of drug-likeness (QED) is 0.775. The minimum atomic E-state index is 0.151. The molecule has 0 saturated carbocycles. The molecule has 14 heavy (non-hydrogen) atoms. The number of benzene rings is 1. The van der Waals surface area contributed by atoms with Gasteiger partial charge in [0.2, 0.25) is 0 Å². The summed E-state index contributed by atoms with van der Waals surface area (Å²) in [5, 5.41) is 9.04. The lowest BCUT2D eigenvalue weighted by atomic mass is 10.0. The summed E-state index contributed by atoms with van der Waals surface area (Å²) in [4.78, 5) is 11.2. The molecule has 0 unspecified atom stereocenters. The van der Waals surface area contributed by atoms with Gasteiger partial charge in [-0.2, -0.15) is 5.26 Å². The van der Waals surface area contributed by atoms with Crippen LogP contribution < -0.4 is 0 Å². The first kappa shape index (κ1) is 10.9. The van der Waals surface area contributed by atoms with Crippen molar-refractivity contribution in [1.82, 2.24) is 0 Å². The van der Waals surface area contributed by atoms with Crippen molar-refractivity contribution in [3.05, 3.63) is 34.9 Å². The van der Waals surface area contributed by atoms with E-state index in [9.17, 15) is 4.79 Å². The fraction of sp³-hybridized carbons (Fsp3) is 0.273. The van der Waals surface area contributed by atoms with E-state index in [4.69, 9.17) is 5.26 Å². The molecular weight excluding hydrogens is 242 g/mol. The minimum Gasteiger partial charge on any atom is -0.298 e. The predicted molar refractivity (Wildman–Crippen MR) is 58.4 cm³/mol. The van der Waals surface area contributed by atoms with Gasteiger partial charge in [-0.05, 0) is 30.2 Å². The Kier molecular flexibility index (Phi) is 3.84. The van der Waals surface area contributed by atoms with Gasteiger partial charge in [-0.3, -0.25) is 4.79 Å². The third-order valence-corrected chi connectivity index (χ3v) is 2.63. The van der Waals surface area contributed by atoms with Gasteiger partial charge in [0, 0.05) is 6.42 Å². The van der Waals surface area contributed by atoms with Gasteiger partial charge in [-0.15, -0.1) is 0 Å². The first-order chi connectivity index (χ1) is 6.67. The lowest BCUT2D eigenvalue weighted by molar-refractivity contribution is -0.115. The lowest BCUT2D eigenvalue weighted by Gasteiger charge is -2.03. The molecule has 0 atom stereocenters. The van der Waals surface area contributed by atoms with E-state index in [1.807, 2.05) is 13.0 Å². The molecule has 0 fully saturated rings. The zero-order valence-corrected chi connectivity index (χ0v) is 9.47. The van der Waals surface area contributed by atoms with Crippen LogP contribution in [0.25, 0.3) is 0 Å². The van der Waals surface area contributed by atoms with Crippen molar-refractivity contribution in [3.8, 4) is 6.07 Å². The monoisotopic (exact) mass is 251 g/mol. The third-order valence-electron chi connectivity index (χ3n) is 2.01. The maximum Gasteiger partial charge on any atom is 0.147 e. The minimum absolute atomic E-state index is 0.151. The molecule has 72 valence electrons. The maximum absolute atomic E-state index is 11.2. The maximum atomic E-state index is 11.2. The molecule has 1 aromatic carbocycles. The Hall–Kier alpha value is -1.14. The molecule has 0 aromatic heterocycles. The number of alkyl halides is 1. The Morgan fingerprint density at radius 3 is 2.79 bits per heavy atom. The van der Waals surface area contributed by atoms with Crippen LogP contribution in [0.4, 0.5) is 0 Å². The van der Waals surface area contributed by atoms with Crippen molar-refractivity contribution >= 4 is 21.7 Å². The number of ketones is 1. The average molecular weight is 252 g/mol. The predicted octanol–water partition coefficient (Wildman–Crippen LogP) is 2.37. The highest BCUT2D eigenvalue weighted by atomic mass is 79.9. The van der Waals surface area contributed by atoms with Gasteiger partial charge in [0.25, 0.3) is 0 Å². The van der Waals surface area contributed by atoms with Crippen molar-refractivity contribution < 1.29 is 4.79 Å². The number of carbonyl (C=O) groups excluding carboxylic acids is 1. The normalized spacial score (nSPS) is 9.50. The van der Waals surface area contributed by atoms with Crippen molar-refractivity contribution in [2.75, 3.05) is 5.33 Å². The molecule has 0 heterocycles. The second-order valence-corrected chi connectivity index (χ2v) is 3.66. The van der Waals surface area contributed by atoms with E-state index in [1.165, 1.54) is 0 Å². The van der Waals surface area contributed by atoms with Gasteiger partial charge < -0.3 is 0 Å². The Morgan fingerprint density at radius 1 is 1.57 bits per heavy atom. The van der Waals surface area contributed by atoms with Crippen LogP contribution in [-0.4, -0.2) is 11.1 Å². The van der Waals surface area contributed by atoms with E-state index in [-0.39, 0.29) is 5.78 Å². The molecule has 1 rings (SSSR count). The van der Waals surface area contributed by atoms with Crippen LogP contribution in [0.2, 0.25) is 0 Å². The summed E-state index contributed by atoms with van der Waals surface area (Å²) < 4.78 is 0. The van der Waals surface area contributed by atoms with E-state index in [0.717, 1.165) is 11.1 Å². The highest BCUT2D eigenvalue weighted by molar-refractivity contribution is 9.09. The summed E-state index contributed by atoms with van der Waals surface area (Å²) in [6.07, 6.45) is 0.433. The average Bonchev–Trinajstić information content (AvgIpc) is 2.20. The summed E-state index contributed by atoms with van der Waals surface area (Å²) in [6.45, 7) is 1.91. The molecule has 0 aliphatic rings. The van der Waals surface area contributed by atoms with E-state index in [0.29, 0.717) is 17.3 Å². The van der Waals surface area contributed by atoms with Crippen LogP contribution >= 0.6 is 15.9 Å². The van der Waals surface area contributed by atoms with Crippen molar-refractivity contribution in [3.63, 3.8) is 0 Å². The molecule has 0 saturated heterocycles. The summed E-state index contributed by atoms with van der Waals surface area (Å²) >= 11 is 3.12. The van der Waals surface area contributed by atoms with Gasteiger partial charge in [0.1, 0.15) is 5.78 Å². The molecular formula is C11H10BrNO. The van der Waals surface area contributed by atoms with E-state index in [1.54, 1.807) is 12.1 Å². The molecule has 0 spiro atoms. The zero-order chi connectivity index (χ0) is 10.6. The van der Waals surface area contributed by atoms with Gasteiger partial charge in [-0.1, -0.05) is 22.0 Å². The van der Waals surface area contributed by atoms with Crippen molar-refractivity contribution in [2.45, 2.75) is 13.3 Å². The third kappa shape index (κ3) is 2.68. The number of Topliss-reactive ketones (excluding diaryl/α,β-unsaturated/α-hetero) is 1. The summed E-state index contributed by atoms with van der Waals surface area (Å²) in [7, 11) is 0. The fourth-order valence-corrected chi connectivity index (χ4v) is 1.42. The van der Waals surface area contributed by atoms with Gasteiger partial charge in [-0.25, -0.2) is 0 Å². The largest absolute Gasteiger partial charge is 0.298 e. The SMILES string of the molecule is Cc1cc(C#N)ccc1CC(=O)CBr. The molecule has 2 nitrogen and oxygen atoms in total. The molecule has 0 aliphatic heterocycles. The van der Waals surface area contributed by atoms with E-state index >= 15 is 0 Å². The first-order valence-corrected chi connectivity index (χ1v) is 5.37. The molecule has 3 heteroatoms. The smallest absolute Gasteiger partial charge is 0.147 e. The van der Waals surface area contributed by atoms with Gasteiger partial charge >= 0.3 is 0 Å². The van der Waals surface area contributed by atoms with Crippen LogP contribution in [0, 0.1) is 18.3 Å². The standard InChI is InChI=1S/C11H10BrNO/c1-8-4-9(7-13)2-3-10(8)5-11(14)6-12/h2-4H,5-6H2,1H3. The van der Waals surface area contributed by atoms with E-state index in [2.05, 4.69) is 22.0 Å². The number of nitriles is 1. The second-order valence-electron chi connectivity index (χ2n) is 3.10. The molecule has 0 aliphatic carbocycles. The molecule has 0 radical (unpaired) electrons. The number of hydrogen-bond acceptors (Lipinski definition) is 2. The van der Waals surface area contributed by atoms with Gasteiger partial charge in [0.15, 0.2) is 0 Å². The summed E-state index contributed by atoms with van der Waals surface area (Å²) in [5.41, 5.74) is 2.63. The van der Waals surface area contributed by atoms with Crippen LogP contribution in [0.5, 0.6) is 0 Å². The molecule has 0 N–H and O–H groups in total. The molecule has 0 bridgehead atoms. The van der Waals surface area contributed by atoms with Crippen molar-refractivity contribution in [1.29, 1.82) is 5.26 Å². The summed E-state index contributed by atoms with van der Waals surface area (Å²) in [6, 6.07) is 7.45. The Bertz CT molecular complexity index is 393. The van der Waals surface area contributed by atoms with Gasteiger partial charge in [0.05, 0.1) is 17.0 Å². The number of aryl methyl sites for hydroxylation is 1. The number of hydrogen-bond donors (Lipinski definition) is 0. The Balaban J connectivity index is 2.90. The zero-order valence-electron chi connectivity index (χ0n) is 7.88. The lowest BCUT2D eigenvalue weighted by Crippen LogP contribution is -2.04. The van der Waals surface area contributed by atoms with Crippen LogP contribution in [0.1, 0.15) is 16.7 Å². The summed E-state index contributed by atoms with van der Waals surface area (Å²) in [5.74, 6) is 0.151. The topological polar surface area (TPSA) is 40.9 Å². The number of halogens is 1. The highest BCUT2D eigenvalue weighted by Crippen LogP contribution is 2.11. The highest BCUT2D eigenvalue weighted by Gasteiger charge is 2.04. The second kappa shape index (κ2) is 4.92. The number of nitrogens with zero attached hydrogens (tertiary/aromatic N) is 1. The first-order valence-electron chi connectivity index (χ1n) is 4.24. The molecule has 1 aromatic rings. The van der Waals surface area contributed by atoms with E-state index < -0.39 is 0 Å². The van der Waals surface area contributed by atoms with Crippen LogP contribution in [-0.2, 0) is 11.2 Å². The van der Waals surface area contributed by atoms with Crippen LogP contribution in [0.3, 0.4) is 0 Å². The van der Waals surface area contributed by atoms with Crippen LogP contribution in [0.15, 0.2) is 18.2 Å². The van der Waals surface area contributed by atoms with Crippen molar-refractivity contribution in [2.24, 2.45) is 0 Å².